The summed E-state index contributed by atoms with van der Waals surface area (Å²) in [6.45, 7) is -2.52. The normalized spacial score (nSPS) is 15.3. The highest BCUT2D eigenvalue weighted by Crippen LogP contribution is 2.38. The molecule has 15 heteroatoms. The third kappa shape index (κ3) is 10.2. The largest absolute Gasteiger partial charge is 0.509 e. The van der Waals surface area contributed by atoms with Crippen molar-refractivity contribution in [1.82, 2.24) is 0 Å². The van der Waals surface area contributed by atoms with E-state index in [2.05, 4.69) is 14.4 Å². The molecule has 1 heterocycles. The van der Waals surface area contributed by atoms with Crippen LogP contribution in [-0.2, 0) is 32.5 Å². The first-order chi connectivity index (χ1) is 21.9. The van der Waals surface area contributed by atoms with Crippen LogP contribution in [0.4, 0.5) is 19.3 Å². The van der Waals surface area contributed by atoms with Gasteiger partial charge in [0.15, 0.2) is 23.9 Å². The summed E-state index contributed by atoms with van der Waals surface area (Å²) >= 11 is 12.8. The third-order valence-corrected chi connectivity index (χ3v) is 8.49. The maximum Gasteiger partial charge on any atom is 0.509 e. The van der Waals surface area contributed by atoms with Crippen LogP contribution in [-0.4, -0.2) is 40.7 Å². The lowest BCUT2D eigenvalue weighted by Gasteiger charge is -2.21. The number of benzene rings is 2. The van der Waals surface area contributed by atoms with Crippen molar-refractivity contribution in [2.45, 2.75) is 51.4 Å². The fraction of sp³-hybridized carbons (Fsp3) is 0.419. The SMILES string of the molecule is CS(=O)(=O)Nc1ccc(COC(=O)O[C@@H](Cc2c(Cl)c[nH+]cc2Cl)c2ccc(OC(F)F)c(OCC3CC3)c2)cc1OCC1CC1. The Morgan fingerprint density at radius 1 is 0.957 bits per heavy atom. The molecule has 1 aromatic heterocycles. The first kappa shape index (κ1) is 33.8. The Kier molecular flexibility index (Phi) is 11.0. The van der Waals surface area contributed by atoms with Crippen molar-refractivity contribution in [3.8, 4) is 17.2 Å². The number of halogens is 4. The van der Waals surface area contributed by atoms with Gasteiger partial charge in [-0.3, -0.25) is 4.72 Å². The highest BCUT2D eigenvalue weighted by atomic mass is 35.5. The number of aromatic nitrogens is 1. The zero-order chi connectivity index (χ0) is 32.8. The Labute approximate surface area is 275 Å². The van der Waals surface area contributed by atoms with Gasteiger partial charge in [-0.1, -0.05) is 35.3 Å². The average Bonchev–Trinajstić information content (AvgIpc) is 3.92. The lowest BCUT2D eigenvalue weighted by atomic mass is 10.0. The maximum atomic E-state index is 13.1. The number of aromatic amines is 1. The molecule has 2 aliphatic rings. The second-order valence-electron chi connectivity index (χ2n) is 11.3. The number of sulfonamides is 1. The van der Waals surface area contributed by atoms with Crippen molar-refractivity contribution in [1.29, 1.82) is 0 Å². The number of hydrogen-bond acceptors (Lipinski definition) is 8. The maximum absolute atomic E-state index is 13.1. The topological polar surface area (TPSA) is 124 Å². The van der Waals surface area contributed by atoms with Crippen molar-refractivity contribution >= 4 is 45.1 Å². The van der Waals surface area contributed by atoms with E-state index in [-0.39, 0.29) is 30.2 Å². The number of anilines is 1. The number of hydrogen-bond donors (Lipinski definition) is 1. The molecule has 3 aromatic rings. The lowest BCUT2D eigenvalue weighted by Crippen LogP contribution is -2.17. The number of carbonyl (C=O) groups is 1. The zero-order valence-corrected chi connectivity index (χ0v) is 27.1. The van der Waals surface area contributed by atoms with Gasteiger partial charge in [-0.15, -0.1) is 0 Å². The number of nitrogens with one attached hydrogen (secondary N) is 2. The summed E-state index contributed by atoms with van der Waals surface area (Å²) in [7, 11) is -3.56. The van der Waals surface area contributed by atoms with Crippen molar-refractivity contribution in [3.63, 3.8) is 0 Å². The summed E-state index contributed by atoms with van der Waals surface area (Å²) in [6.07, 6.45) is 6.08. The molecule has 1 atom stereocenters. The number of rotatable bonds is 16. The third-order valence-electron chi connectivity index (χ3n) is 7.22. The van der Waals surface area contributed by atoms with Crippen LogP contribution in [0.25, 0.3) is 0 Å². The van der Waals surface area contributed by atoms with Crippen molar-refractivity contribution in [3.05, 3.63) is 75.5 Å². The van der Waals surface area contributed by atoms with Crippen LogP contribution in [0.2, 0.25) is 10.0 Å². The van der Waals surface area contributed by atoms with Gasteiger partial charge in [0.2, 0.25) is 10.0 Å². The van der Waals surface area contributed by atoms with Crippen LogP contribution in [0.5, 0.6) is 17.2 Å². The van der Waals surface area contributed by atoms with Gasteiger partial charge in [0, 0.05) is 12.0 Å². The highest BCUT2D eigenvalue weighted by Gasteiger charge is 2.27. The van der Waals surface area contributed by atoms with Gasteiger partial charge in [0.25, 0.3) is 0 Å². The first-order valence-corrected chi connectivity index (χ1v) is 17.2. The predicted molar refractivity (Wildman–Crippen MR) is 165 cm³/mol. The van der Waals surface area contributed by atoms with Crippen LogP contribution in [0.15, 0.2) is 48.8 Å². The van der Waals surface area contributed by atoms with Gasteiger partial charge < -0.3 is 23.7 Å². The van der Waals surface area contributed by atoms with Crippen molar-refractivity contribution in [2.24, 2.45) is 11.8 Å². The molecule has 2 N–H and O–H groups in total. The molecule has 0 radical (unpaired) electrons. The number of alkyl halides is 2. The van der Waals surface area contributed by atoms with E-state index in [1.54, 1.807) is 12.1 Å². The molecule has 248 valence electrons. The van der Waals surface area contributed by atoms with E-state index in [9.17, 15) is 22.0 Å². The van der Waals surface area contributed by atoms with Crippen LogP contribution in [0.3, 0.4) is 0 Å². The molecule has 0 bridgehead atoms. The van der Waals surface area contributed by atoms with Crippen molar-refractivity contribution < 1.29 is 50.7 Å². The van der Waals surface area contributed by atoms with Crippen LogP contribution >= 0.6 is 23.2 Å². The van der Waals surface area contributed by atoms with Crippen molar-refractivity contribution in [2.75, 3.05) is 24.2 Å². The molecule has 46 heavy (non-hydrogen) atoms. The van der Waals surface area contributed by atoms with E-state index in [0.29, 0.717) is 57.5 Å². The first-order valence-electron chi connectivity index (χ1n) is 14.6. The number of ether oxygens (including phenoxy) is 5. The quantitative estimate of drug-likeness (QED) is 0.159. The summed E-state index contributed by atoms with van der Waals surface area (Å²) in [5, 5.41) is 0.581. The Balaban J connectivity index is 1.34. The minimum Gasteiger partial charge on any atom is -0.491 e. The predicted octanol–water partition coefficient (Wildman–Crippen LogP) is 7.00. The minimum absolute atomic E-state index is 0.0174. The smallest absolute Gasteiger partial charge is 0.491 e. The van der Waals surface area contributed by atoms with E-state index in [1.807, 2.05) is 0 Å². The molecule has 0 unspecified atom stereocenters. The van der Waals surface area contributed by atoms with Gasteiger partial charge in [-0.25, -0.2) is 18.2 Å². The van der Waals surface area contributed by atoms with E-state index < -0.39 is 28.9 Å². The summed E-state index contributed by atoms with van der Waals surface area (Å²) in [6, 6.07) is 8.99. The Bertz CT molecular complexity index is 1640. The number of H-pyrrole nitrogens is 1. The Morgan fingerprint density at radius 2 is 1.61 bits per heavy atom. The zero-order valence-electron chi connectivity index (χ0n) is 24.8. The molecule has 2 fully saturated rings. The molecular formula is C31H33Cl2F2N2O8S+. The van der Waals surface area contributed by atoms with E-state index >= 15 is 0 Å². The van der Waals surface area contributed by atoms with Crippen LogP contribution in [0, 0.1) is 11.8 Å². The van der Waals surface area contributed by atoms with Crippen LogP contribution in [0.1, 0.15) is 48.5 Å². The second-order valence-corrected chi connectivity index (χ2v) is 13.8. The van der Waals surface area contributed by atoms with Gasteiger partial charge in [0.05, 0.1) is 25.2 Å². The number of carbonyl (C=O) groups excluding carboxylic acids is 1. The summed E-state index contributed by atoms with van der Waals surface area (Å²) in [5.41, 5.74) is 1.66. The average molecular weight is 703 g/mol. The van der Waals surface area contributed by atoms with Gasteiger partial charge in [-0.2, -0.15) is 8.78 Å². The summed E-state index contributed by atoms with van der Waals surface area (Å²) < 4.78 is 79.8. The molecule has 5 rings (SSSR count). The highest BCUT2D eigenvalue weighted by molar-refractivity contribution is 7.92. The summed E-state index contributed by atoms with van der Waals surface area (Å²) in [4.78, 5) is 15.9. The monoisotopic (exact) mass is 701 g/mol. The Morgan fingerprint density at radius 3 is 2.22 bits per heavy atom. The molecule has 0 amide bonds. The van der Waals surface area contributed by atoms with Gasteiger partial charge in [-0.05, 0) is 72.9 Å². The van der Waals surface area contributed by atoms with E-state index in [1.165, 1.54) is 36.7 Å². The lowest BCUT2D eigenvalue weighted by molar-refractivity contribution is -0.377. The fourth-order valence-electron chi connectivity index (χ4n) is 4.45. The molecule has 0 aliphatic heterocycles. The van der Waals surface area contributed by atoms with E-state index in [0.717, 1.165) is 31.9 Å². The standard InChI is InChI=1S/C31H32Cl2F2N2O8S/c1-46(39,40)37-25-8-6-20(10-28(25)41-15-18-2-3-18)17-43-31(38)45-27(12-22-23(32)13-36-14-24(22)33)21-7-9-26(44-30(34)35)29(11-21)42-16-19-4-5-19/h6-11,13-14,18-19,27,30,37H,2-5,12,15-17H2,1H3/p+1/t27-/m0/s1. The number of pyridine rings is 1. The molecule has 0 saturated heterocycles. The second kappa shape index (κ2) is 14.9. The minimum atomic E-state index is -3.56. The van der Waals surface area contributed by atoms with E-state index in [4.69, 9.17) is 42.1 Å². The molecule has 2 saturated carbocycles. The molecule has 2 aliphatic carbocycles. The summed E-state index contributed by atoms with van der Waals surface area (Å²) in [5.74, 6) is 0.975. The van der Waals surface area contributed by atoms with Gasteiger partial charge in [0.1, 0.15) is 28.5 Å². The molecule has 2 aromatic carbocycles. The van der Waals surface area contributed by atoms with Gasteiger partial charge >= 0.3 is 12.8 Å². The molecular weight excluding hydrogens is 669 g/mol. The molecule has 0 spiro atoms. The Hall–Kier alpha value is -3.55. The fourth-order valence-corrected chi connectivity index (χ4v) is 5.55. The molecule has 10 nitrogen and oxygen atoms in total. The van der Waals surface area contributed by atoms with Crippen LogP contribution < -0.4 is 23.9 Å².